The summed E-state index contributed by atoms with van der Waals surface area (Å²) in [5.74, 6) is 0.614. The Morgan fingerprint density at radius 3 is 3.06 bits per heavy atom. The molecule has 0 amide bonds. The van der Waals surface area contributed by atoms with E-state index in [0.717, 1.165) is 14.8 Å². The van der Waals surface area contributed by atoms with Gasteiger partial charge in [-0.05, 0) is 18.2 Å². The van der Waals surface area contributed by atoms with Crippen molar-refractivity contribution in [1.82, 2.24) is 4.98 Å². The smallest absolute Gasteiger partial charge is 0.0991 e. The van der Waals surface area contributed by atoms with Gasteiger partial charge in [-0.1, -0.05) is 17.7 Å². The van der Waals surface area contributed by atoms with Crippen LogP contribution in [0.5, 0.6) is 0 Å². The summed E-state index contributed by atoms with van der Waals surface area (Å²) in [6.45, 7) is 0. The third-order valence-electron chi connectivity index (χ3n) is 1.98. The molecule has 0 radical (unpaired) electrons. The monoisotopic (exact) mass is 271 g/mol. The van der Waals surface area contributed by atoms with Crippen LogP contribution in [0.25, 0.3) is 0 Å². The van der Waals surface area contributed by atoms with Gasteiger partial charge < -0.3 is 5.11 Å². The number of hydrogen-bond acceptors (Lipinski definition) is 4. The summed E-state index contributed by atoms with van der Waals surface area (Å²) >= 11 is 8.93. The highest BCUT2D eigenvalue weighted by Crippen LogP contribution is 2.27. The number of aliphatic hydroxyl groups excluding tert-OH is 1. The van der Waals surface area contributed by atoms with E-state index in [1.54, 1.807) is 23.5 Å². The molecule has 0 bridgehead atoms. The first kappa shape index (κ1) is 11.9. The van der Waals surface area contributed by atoms with Gasteiger partial charge in [0.1, 0.15) is 0 Å². The van der Waals surface area contributed by atoms with E-state index in [4.69, 9.17) is 11.6 Å². The average Bonchev–Trinajstić information content (AvgIpc) is 2.79. The van der Waals surface area contributed by atoms with E-state index in [0.29, 0.717) is 5.75 Å². The summed E-state index contributed by atoms with van der Waals surface area (Å²) in [6.07, 6.45) is 1.24. The zero-order chi connectivity index (χ0) is 11.4. The van der Waals surface area contributed by atoms with Gasteiger partial charge in [0.05, 0.1) is 16.5 Å². The fourth-order valence-corrected chi connectivity index (χ4v) is 3.09. The van der Waals surface area contributed by atoms with Crippen molar-refractivity contribution in [3.8, 4) is 0 Å². The minimum Gasteiger partial charge on any atom is -0.387 e. The second kappa shape index (κ2) is 5.68. The van der Waals surface area contributed by atoms with Crippen LogP contribution in [-0.4, -0.2) is 15.8 Å². The van der Waals surface area contributed by atoms with E-state index in [-0.39, 0.29) is 0 Å². The fraction of sp³-hybridized carbons (Fsp3) is 0.182. The maximum atomic E-state index is 9.86. The number of aromatic nitrogens is 1. The molecule has 1 aromatic heterocycles. The molecule has 1 aromatic carbocycles. The van der Waals surface area contributed by atoms with Crippen LogP contribution >= 0.6 is 34.7 Å². The first-order valence-corrected chi connectivity index (χ1v) is 6.95. The zero-order valence-corrected chi connectivity index (χ0v) is 10.7. The second-order valence-electron chi connectivity index (χ2n) is 3.19. The van der Waals surface area contributed by atoms with Crippen LogP contribution in [0.3, 0.4) is 0 Å². The quantitative estimate of drug-likeness (QED) is 0.862. The summed E-state index contributed by atoms with van der Waals surface area (Å²) < 4.78 is 0. The first-order valence-electron chi connectivity index (χ1n) is 4.70. The normalized spacial score (nSPS) is 12.6. The number of nitrogens with zero attached hydrogens (tertiary/aromatic N) is 1. The van der Waals surface area contributed by atoms with E-state index < -0.39 is 6.10 Å². The fourth-order valence-electron chi connectivity index (χ4n) is 1.20. The van der Waals surface area contributed by atoms with Gasteiger partial charge in [0.2, 0.25) is 0 Å². The molecular weight excluding hydrogens is 262 g/mol. The lowest BCUT2D eigenvalue weighted by atomic mass is 10.4. The van der Waals surface area contributed by atoms with Crippen LogP contribution in [0.1, 0.15) is 11.0 Å². The van der Waals surface area contributed by atoms with Gasteiger partial charge in [0.15, 0.2) is 0 Å². The number of benzene rings is 1. The van der Waals surface area contributed by atoms with Crippen LogP contribution in [0.15, 0.2) is 40.9 Å². The highest BCUT2D eigenvalue weighted by Gasteiger charge is 2.09. The summed E-state index contributed by atoms with van der Waals surface area (Å²) in [4.78, 5) is 5.90. The average molecular weight is 272 g/mol. The Labute approximate surface area is 107 Å². The Balaban J connectivity index is 1.92. The summed E-state index contributed by atoms with van der Waals surface area (Å²) in [6, 6.07) is 7.62. The third kappa shape index (κ3) is 3.22. The predicted molar refractivity (Wildman–Crippen MR) is 69.2 cm³/mol. The molecule has 5 heteroatoms. The number of halogens is 1. The van der Waals surface area contributed by atoms with Crippen molar-refractivity contribution in [2.75, 3.05) is 5.75 Å². The lowest BCUT2D eigenvalue weighted by molar-refractivity contribution is 0.208. The standard InChI is InChI=1S/C11H10ClNOS2/c12-8-2-1-3-9(4-8)15-6-10(14)11-5-13-7-16-11/h1-5,7,10,14H,6H2. The van der Waals surface area contributed by atoms with E-state index >= 15 is 0 Å². The summed E-state index contributed by atoms with van der Waals surface area (Å²) in [7, 11) is 0. The Hall–Kier alpha value is -0.550. The van der Waals surface area contributed by atoms with Crippen molar-refractivity contribution in [2.45, 2.75) is 11.0 Å². The zero-order valence-electron chi connectivity index (χ0n) is 8.34. The molecule has 0 fully saturated rings. The van der Waals surface area contributed by atoms with E-state index in [2.05, 4.69) is 4.98 Å². The third-order valence-corrected chi connectivity index (χ3v) is 4.17. The Morgan fingerprint density at radius 1 is 1.50 bits per heavy atom. The molecular formula is C11H10ClNOS2. The van der Waals surface area contributed by atoms with Crippen molar-refractivity contribution in [3.63, 3.8) is 0 Å². The van der Waals surface area contributed by atoms with Crippen LogP contribution in [-0.2, 0) is 0 Å². The van der Waals surface area contributed by atoms with Crippen LogP contribution in [0.2, 0.25) is 5.02 Å². The van der Waals surface area contributed by atoms with Gasteiger partial charge in [-0.25, -0.2) is 0 Å². The second-order valence-corrected chi connectivity index (χ2v) is 5.64. The molecule has 0 aliphatic rings. The SMILES string of the molecule is OC(CSc1cccc(Cl)c1)c1cncs1. The molecule has 2 nitrogen and oxygen atoms in total. The number of aliphatic hydroxyl groups is 1. The molecule has 2 aromatic rings. The van der Waals surface area contributed by atoms with Crippen molar-refractivity contribution in [3.05, 3.63) is 45.9 Å². The Morgan fingerprint density at radius 2 is 2.38 bits per heavy atom. The minimum absolute atomic E-state index is 0.462. The summed E-state index contributed by atoms with van der Waals surface area (Å²) in [5.41, 5.74) is 1.72. The van der Waals surface area contributed by atoms with Gasteiger partial charge in [0.25, 0.3) is 0 Å². The Kier molecular flexibility index (Phi) is 4.23. The van der Waals surface area contributed by atoms with Gasteiger partial charge >= 0.3 is 0 Å². The van der Waals surface area contributed by atoms with Crippen LogP contribution in [0, 0.1) is 0 Å². The molecule has 1 unspecified atom stereocenters. The molecule has 0 aliphatic carbocycles. The largest absolute Gasteiger partial charge is 0.387 e. The van der Waals surface area contributed by atoms with Gasteiger partial charge in [-0.3, -0.25) is 4.98 Å². The molecule has 2 rings (SSSR count). The van der Waals surface area contributed by atoms with Crippen molar-refractivity contribution in [1.29, 1.82) is 0 Å². The molecule has 0 spiro atoms. The van der Waals surface area contributed by atoms with E-state index in [1.165, 1.54) is 11.3 Å². The maximum Gasteiger partial charge on any atom is 0.0991 e. The minimum atomic E-state index is -0.462. The van der Waals surface area contributed by atoms with Gasteiger partial charge in [-0.2, -0.15) is 0 Å². The van der Waals surface area contributed by atoms with E-state index in [1.807, 2.05) is 24.3 Å². The van der Waals surface area contributed by atoms with E-state index in [9.17, 15) is 5.11 Å². The topological polar surface area (TPSA) is 33.1 Å². The first-order chi connectivity index (χ1) is 7.75. The van der Waals surface area contributed by atoms with Crippen molar-refractivity contribution in [2.24, 2.45) is 0 Å². The highest BCUT2D eigenvalue weighted by atomic mass is 35.5. The molecule has 1 atom stereocenters. The van der Waals surface area contributed by atoms with Gasteiger partial charge in [-0.15, -0.1) is 23.1 Å². The Bertz CT molecular complexity index is 447. The molecule has 16 heavy (non-hydrogen) atoms. The maximum absolute atomic E-state index is 9.86. The molecule has 84 valence electrons. The lowest BCUT2D eigenvalue weighted by Crippen LogP contribution is -1.97. The van der Waals surface area contributed by atoms with Crippen molar-refractivity contribution >= 4 is 34.7 Å². The number of thioether (sulfide) groups is 1. The molecule has 0 saturated carbocycles. The summed E-state index contributed by atoms with van der Waals surface area (Å²) in [5, 5.41) is 10.6. The van der Waals surface area contributed by atoms with Gasteiger partial charge in [0, 0.05) is 21.9 Å². The molecule has 0 saturated heterocycles. The van der Waals surface area contributed by atoms with Crippen LogP contribution < -0.4 is 0 Å². The molecule has 1 heterocycles. The van der Waals surface area contributed by atoms with Crippen LogP contribution in [0.4, 0.5) is 0 Å². The number of rotatable bonds is 4. The predicted octanol–water partition coefficient (Wildman–Crippen LogP) is 3.62. The number of hydrogen-bond donors (Lipinski definition) is 1. The van der Waals surface area contributed by atoms with Crippen molar-refractivity contribution < 1.29 is 5.11 Å². The lowest BCUT2D eigenvalue weighted by Gasteiger charge is -2.07. The molecule has 0 aliphatic heterocycles. The molecule has 1 N–H and O–H groups in total. The highest BCUT2D eigenvalue weighted by molar-refractivity contribution is 7.99. The number of thiazole rings is 1.